The van der Waals surface area contributed by atoms with Crippen LogP contribution in [-0.2, 0) is 9.59 Å². The third-order valence-electron chi connectivity index (χ3n) is 5.03. The number of fused-ring (bicyclic) bond motifs is 1. The molecule has 5 nitrogen and oxygen atoms in total. The van der Waals surface area contributed by atoms with Crippen LogP contribution >= 0.6 is 0 Å². The molecule has 132 valence electrons. The third-order valence-corrected chi connectivity index (χ3v) is 5.03. The number of amides is 2. The van der Waals surface area contributed by atoms with E-state index in [1.165, 1.54) is 12.8 Å². The van der Waals surface area contributed by atoms with Crippen LogP contribution in [0.15, 0.2) is 0 Å². The Morgan fingerprint density at radius 3 is 2.52 bits per heavy atom. The van der Waals surface area contributed by atoms with E-state index in [1.54, 1.807) is 0 Å². The lowest BCUT2D eigenvalue weighted by atomic mass is 9.98. The maximum absolute atomic E-state index is 12.4. The van der Waals surface area contributed by atoms with Crippen LogP contribution in [0.1, 0.15) is 58.8 Å². The molecular weight excluding hydrogens is 290 g/mol. The summed E-state index contributed by atoms with van der Waals surface area (Å²) in [6.07, 6.45) is 7.14. The monoisotopic (exact) mass is 323 g/mol. The lowest BCUT2D eigenvalue weighted by Gasteiger charge is -2.36. The van der Waals surface area contributed by atoms with Gasteiger partial charge in [0, 0.05) is 44.6 Å². The summed E-state index contributed by atoms with van der Waals surface area (Å²) in [5.41, 5.74) is 0. The SMILES string of the molecule is CC(C)C(=O)N1CCCCNC(=O)CC2CCCCN2CCC1. The first kappa shape index (κ1) is 18.2. The average Bonchev–Trinajstić information content (AvgIpc) is 2.54. The van der Waals surface area contributed by atoms with Gasteiger partial charge in [-0.05, 0) is 38.6 Å². The van der Waals surface area contributed by atoms with Gasteiger partial charge in [0.25, 0.3) is 0 Å². The van der Waals surface area contributed by atoms with Gasteiger partial charge in [-0.25, -0.2) is 0 Å². The van der Waals surface area contributed by atoms with Crippen molar-refractivity contribution in [2.45, 2.75) is 64.8 Å². The molecule has 0 radical (unpaired) electrons. The molecule has 0 aromatic heterocycles. The molecule has 0 bridgehead atoms. The van der Waals surface area contributed by atoms with E-state index < -0.39 is 0 Å². The number of carbonyl (C=O) groups excluding carboxylic acids is 2. The van der Waals surface area contributed by atoms with E-state index in [2.05, 4.69) is 10.2 Å². The van der Waals surface area contributed by atoms with Crippen molar-refractivity contribution in [1.29, 1.82) is 0 Å². The zero-order valence-corrected chi connectivity index (χ0v) is 14.9. The second kappa shape index (κ2) is 9.26. The predicted octanol–water partition coefficient (Wildman–Crippen LogP) is 2.02. The molecule has 2 rings (SSSR count). The summed E-state index contributed by atoms with van der Waals surface area (Å²) >= 11 is 0. The first-order valence-corrected chi connectivity index (χ1v) is 9.37. The third kappa shape index (κ3) is 5.79. The molecule has 23 heavy (non-hydrogen) atoms. The second-order valence-electron chi connectivity index (χ2n) is 7.28. The molecule has 1 N–H and O–H groups in total. The topological polar surface area (TPSA) is 52.7 Å². The van der Waals surface area contributed by atoms with E-state index in [4.69, 9.17) is 0 Å². The molecule has 0 aromatic rings. The van der Waals surface area contributed by atoms with Crippen LogP contribution in [0, 0.1) is 5.92 Å². The molecule has 5 heteroatoms. The zero-order valence-electron chi connectivity index (χ0n) is 14.9. The van der Waals surface area contributed by atoms with Gasteiger partial charge in [-0.3, -0.25) is 14.5 Å². The molecule has 0 saturated carbocycles. The average molecular weight is 323 g/mol. The van der Waals surface area contributed by atoms with Crippen molar-refractivity contribution >= 4 is 11.8 Å². The van der Waals surface area contributed by atoms with Crippen molar-refractivity contribution in [3.05, 3.63) is 0 Å². The van der Waals surface area contributed by atoms with Crippen LogP contribution in [0.3, 0.4) is 0 Å². The molecule has 0 aliphatic carbocycles. The Balaban J connectivity index is 1.98. The summed E-state index contributed by atoms with van der Waals surface area (Å²) in [5.74, 6) is 0.517. The van der Waals surface area contributed by atoms with Gasteiger partial charge in [-0.1, -0.05) is 20.3 Å². The predicted molar refractivity (Wildman–Crippen MR) is 92.1 cm³/mol. The smallest absolute Gasteiger partial charge is 0.225 e. The van der Waals surface area contributed by atoms with Crippen LogP contribution in [0.5, 0.6) is 0 Å². The Labute approximate surface area is 140 Å². The number of hydrogen-bond acceptors (Lipinski definition) is 3. The molecule has 0 spiro atoms. The fraction of sp³-hybridized carbons (Fsp3) is 0.889. The highest BCUT2D eigenvalue weighted by molar-refractivity contribution is 5.78. The normalized spacial score (nSPS) is 25.8. The minimum absolute atomic E-state index is 0.0631. The van der Waals surface area contributed by atoms with E-state index in [9.17, 15) is 9.59 Å². The van der Waals surface area contributed by atoms with Crippen LogP contribution in [0.4, 0.5) is 0 Å². The van der Waals surface area contributed by atoms with Gasteiger partial charge in [0.1, 0.15) is 0 Å². The molecule has 2 aliphatic heterocycles. The van der Waals surface area contributed by atoms with E-state index in [1.807, 2.05) is 18.7 Å². The molecule has 2 saturated heterocycles. The molecule has 1 unspecified atom stereocenters. The Bertz CT molecular complexity index is 398. The Hall–Kier alpha value is -1.10. The summed E-state index contributed by atoms with van der Waals surface area (Å²) in [6.45, 7) is 8.44. The summed E-state index contributed by atoms with van der Waals surface area (Å²) < 4.78 is 0. The van der Waals surface area contributed by atoms with Crippen molar-refractivity contribution in [1.82, 2.24) is 15.1 Å². The van der Waals surface area contributed by atoms with Gasteiger partial charge in [0.15, 0.2) is 0 Å². The highest BCUT2D eigenvalue weighted by Crippen LogP contribution is 2.20. The van der Waals surface area contributed by atoms with Gasteiger partial charge >= 0.3 is 0 Å². The molecule has 2 heterocycles. The van der Waals surface area contributed by atoms with Crippen LogP contribution in [-0.4, -0.2) is 60.4 Å². The molecule has 1 atom stereocenters. The number of piperidine rings is 1. The van der Waals surface area contributed by atoms with Gasteiger partial charge in [0.2, 0.25) is 11.8 Å². The quantitative estimate of drug-likeness (QED) is 0.803. The fourth-order valence-corrected chi connectivity index (χ4v) is 3.69. The standard InChI is InChI=1S/C18H33N3O2/c1-15(2)18(23)21-11-6-4-9-19-17(22)14-16-8-3-5-10-20(16)12-7-13-21/h15-16H,3-14H2,1-2H3,(H,19,22). The molecule has 2 aliphatic rings. The molecule has 2 fully saturated rings. The van der Waals surface area contributed by atoms with Gasteiger partial charge in [-0.2, -0.15) is 0 Å². The van der Waals surface area contributed by atoms with E-state index in [0.717, 1.165) is 58.4 Å². The minimum Gasteiger partial charge on any atom is -0.356 e. The Morgan fingerprint density at radius 1 is 1.04 bits per heavy atom. The van der Waals surface area contributed by atoms with Crippen molar-refractivity contribution in [2.24, 2.45) is 5.92 Å². The molecular formula is C18H33N3O2. The van der Waals surface area contributed by atoms with Gasteiger partial charge in [0.05, 0.1) is 0 Å². The summed E-state index contributed by atoms with van der Waals surface area (Å²) in [6, 6.07) is 0.388. The van der Waals surface area contributed by atoms with Crippen molar-refractivity contribution in [3.8, 4) is 0 Å². The second-order valence-corrected chi connectivity index (χ2v) is 7.28. The Morgan fingerprint density at radius 2 is 1.74 bits per heavy atom. The number of rotatable bonds is 1. The number of hydrogen-bond donors (Lipinski definition) is 1. The number of nitrogens with zero attached hydrogens (tertiary/aromatic N) is 2. The van der Waals surface area contributed by atoms with Crippen LogP contribution in [0.2, 0.25) is 0 Å². The highest BCUT2D eigenvalue weighted by Gasteiger charge is 2.25. The van der Waals surface area contributed by atoms with E-state index in [0.29, 0.717) is 12.5 Å². The van der Waals surface area contributed by atoms with Gasteiger partial charge < -0.3 is 10.2 Å². The fourth-order valence-electron chi connectivity index (χ4n) is 3.69. The summed E-state index contributed by atoms with van der Waals surface area (Å²) in [4.78, 5) is 29.0. The lowest BCUT2D eigenvalue weighted by Crippen LogP contribution is -2.44. The maximum atomic E-state index is 12.4. The van der Waals surface area contributed by atoms with Gasteiger partial charge in [-0.15, -0.1) is 0 Å². The van der Waals surface area contributed by atoms with Crippen molar-refractivity contribution < 1.29 is 9.59 Å². The molecule has 2 amide bonds. The highest BCUT2D eigenvalue weighted by atomic mass is 16.2. The first-order valence-electron chi connectivity index (χ1n) is 9.37. The largest absolute Gasteiger partial charge is 0.356 e. The van der Waals surface area contributed by atoms with Crippen LogP contribution in [0.25, 0.3) is 0 Å². The Kier molecular flexibility index (Phi) is 7.34. The first-order chi connectivity index (χ1) is 11.1. The molecule has 0 aromatic carbocycles. The van der Waals surface area contributed by atoms with E-state index in [-0.39, 0.29) is 17.7 Å². The zero-order chi connectivity index (χ0) is 16.7. The maximum Gasteiger partial charge on any atom is 0.225 e. The van der Waals surface area contributed by atoms with E-state index >= 15 is 0 Å². The summed E-state index contributed by atoms with van der Waals surface area (Å²) in [5, 5.41) is 3.05. The van der Waals surface area contributed by atoms with Crippen molar-refractivity contribution in [2.75, 3.05) is 32.7 Å². The lowest BCUT2D eigenvalue weighted by molar-refractivity contribution is -0.134. The number of nitrogens with one attached hydrogen (secondary N) is 1. The minimum atomic E-state index is 0.0631. The van der Waals surface area contributed by atoms with Crippen molar-refractivity contribution in [3.63, 3.8) is 0 Å². The van der Waals surface area contributed by atoms with Crippen LogP contribution < -0.4 is 5.32 Å². The number of carbonyl (C=O) groups is 2. The summed E-state index contributed by atoms with van der Waals surface area (Å²) in [7, 11) is 0.